The van der Waals surface area contributed by atoms with E-state index in [1.54, 1.807) is 13.8 Å². The highest BCUT2D eigenvalue weighted by Crippen LogP contribution is 2.08. The first-order chi connectivity index (χ1) is 31.6. The third kappa shape index (κ3) is 25.1. The maximum absolute atomic E-state index is 13.5. The second kappa shape index (κ2) is 31.7. The smallest absolute Gasteiger partial charge is 0.326 e. The average Bonchev–Trinajstić information content (AvgIpc) is 3.25. The summed E-state index contributed by atoms with van der Waals surface area (Å²) in [4.78, 5) is 162. The monoisotopic (exact) mass is 1010 g/mol. The Labute approximate surface area is 403 Å². The number of primary amides is 2. The quantitative estimate of drug-likeness (QED) is 0.0272. The molecule has 0 aliphatic heterocycles. The molecule has 0 unspecified atom stereocenters. The number of nitrogens with two attached hydrogens (primary N) is 3. The van der Waals surface area contributed by atoms with Crippen LogP contribution < -0.4 is 65.1 Å². The van der Waals surface area contributed by atoms with Gasteiger partial charge in [-0.2, -0.15) is 25.3 Å². The number of thiol groups is 2. The number of aliphatic carboxylic acids is 2. The van der Waals surface area contributed by atoms with Gasteiger partial charge in [0.2, 0.25) is 65.0 Å². The maximum atomic E-state index is 13.5. The number of carbonyl (C=O) groups is 13. The van der Waals surface area contributed by atoms with Crippen molar-refractivity contribution in [1.82, 2.24) is 47.9 Å². The van der Waals surface area contributed by atoms with Crippen LogP contribution in [0.3, 0.4) is 0 Å². The first-order valence-electron chi connectivity index (χ1n) is 21.3. The summed E-state index contributed by atoms with van der Waals surface area (Å²) in [5.74, 6) is -13.8. The van der Waals surface area contributed by atoms with Crippen molar-refractivity contribution in [3.8, 4) is 0 Å². The zero-order valence-corrected chi connectivity index (χ0v) is 40.2. The molecule has 29 heteroatoms. The van der Waals surface area contributed by atoms with Gasteiger partial charge in [0.05, 0.1) is 19.1 Å². The molecular weight excluding hydrogens is 941 g/mol. The molecule has 11 amide bonds. The Morgan fingerprint density at radius 2 is 0.941 bits per heavy atom. The first-order valence-corrected chi connectivity index (χ1v) is 22.5. The average molecular weight is 1010 g/mol. The fourth-order valence-electron chi connectivity index (χ4n) is 5.66. The number of carboxylic acid groups (broad SMARTS) is 2. The lowest BCUT2D eigenvalue weighted by atomic mass is 10.0. The maximum Gasteiger partial charge on any atom is 0.326 e. The topological polar surface area (TPSA) is 449 Å². The summed E-state index contributed by atoms with van der Waals surface area (Å²) in [5.41, 5.74) is 16.1. The van der Waals surface area contributed by atoms with Gasteiger partial charge in [-0.3, -0.25) is 57.5 Å². The van der Waals surface area contributed by atoms with Crippen molar-refractivity contribution in [3.05, 3.63) is 0 Å². The van der Waals surface area contributed by atoms with E-state index in [2.05, 4.69) is 73.1 Å². The summed E-state index contributed by atoms with van der Waals surface area (Å²) in [6, 6.07) is -11.1. The Morgan fingerprint density at radius 3 is 1.44 bits per heavy atom. The minimum absolute atomic E-state index is 0.0628. The molecule has 68 heavy (non-hydrogen) atoms. The van der Waals surface area contributed by atoms with E-state index >= 15 is 0 Å². The number of rotatable bonds is 33. The second-order valence-electron chi connectivity index (χ2n) is 16.2. The van der Waals surface area contributed by atoms with E-state index in [0.717, 1.165) is 0 Å². The van der Waals surface area contributed by atoms with Gasteiger partial charge >= 0.3 is 11.9 Å². The highest BCUT2D eigenvalue weighted by Gasteiger charge is 2.34. The van der Waals surface area contributed by atoms with Crippen LogP contribution in [-0.4, -0.2) is 160 Å². The van der Waals surface area contributed by atoms with Gasteiger partial charge < -0.3 is 75.3 Å². The van der Waals surface area contributed by atoms with E-state index in [1.807, 2.05) is 0 Å². The Kier molecular flexibility index (Phi) is 28.8. The number of hydrogen-bond acceptors (Lipinski definition) is 16. The summed E-state index contributed by atoms with van der Waals surface area (Å²) in [5, 5.41) is 39.5. The van der Waals surface area contributed by atoms with Gasteiger partial charge in [0.25, 0.3) is 0 Å². The normalized spacial score (nSPS) is 14.4. The summed E-state index contributed by atoms with van der Waals surface area (Å²) in [7, 11) is 0. The van der Waals surface area contributed by atoms with Crippen LogP contribution in [0.15, 0.2) is 0 Å². The van der Waals surface area contributed by atoms with Gasteiger partial charge in [0, 0.05) is 30.8 Å². The van der Waals surface area contributed by atoms with Crippen molar-refractivity contribution in [1.29, 1.82) is 0 Å². The lowest BCUT2D eigenvalue weighted by Crippen LogP contribution is -2.60. The van der Waals surface area contributed by atoms with Crippen LogP contribution in [0.1, 0.15) is 79.6 Å². The Balaban J connectivity index is 5.76. The molecule has 0 fully saturated rings. The fourth-order valence-corrected chi connectivity index (χ4v) is 6.17. The SMILES string of the molecule is CC(C)C[C@H](NC(=O)CNC(=O)CNC(=O)[C@H](CCC(=O)O)NC(=O)[C@@H](NC(=O)[C@H](C)NC(=O)[C@H](CS)NC(=O)[C@H](CCC(N)=O)NC(=O)[C@H](CS)NC(=O)[C@@H](N)CCC(N)=O)C(C)C)C(=O)O. The minimum Gasteiger partial charge on any atom is -0.481 e. The molecule has 27 nitrogen and oxygen atoms in total. The summed E-state index contributed by atoms with van der Waals surface area (Å²) < 4.78 is 0. The third-order valence-electron chi connectivity index (χ3n) is 9.47. The predicted octanol–water partition coefficient (Wildman–Crippen LogP) is -6.00. The van der Waals surface area contributed by atoms with Crippen LogP contribution >= 0.6 is 25.3 Å². The van der Waals surface area contributed by atoms with Crippen molar-refractivity contribution in [2.45, 2.75) is 128 Å². The van der Waals surface area contributed by atoms with Crippen molar-refractivity contribution in [2.75, 3.05) is 24.6 Å². The lowest BCUT2D eigenvalue weighted by molar-refractivity contribution is -0.142. The molecule has 0 spiro atoms. The number of carboxylic acids is 2. The molecule has 0 rings (SSSR count). The van der Waals surface area contributed by atoms with Crippen LogP contribution in [0.5, 0.6) is 0 Å². The Hall–Kier alpha value is -6.23. The van der Waals surface area contributed by atoms with E-state index < -0.39 is 164 Å². The molecule has 384 valence electrons. The third-order valence-corrected chi connectivity index (χ3v) is 10.2. The standard InChI is InChI=1S/C39H66N12O15S2/c1-17(2)12-23(39(65)66)46-29(55)14-43-28(54)13-44-34(60)21(8-11-30(56)57)48-38(64)31(18(3)4)51-32(58)19(5)45-36(62)24(15-67)50-35(61)22(7-10-27(42)53)47-37(63)25(16-68)49-33(59)20(40)6-9-26(41)52/h17-25,31,67-68H,6-16,40H2,1-5H3,(H2,41,52)(H2,42,53)(H,43,54)(H,44,60)(H,45,62)(H,46,55)(H,47,63)(H,48,64)(H,49,59)(H,50,61)(H,51,58)(H,56,57)(H,65,66)/t19-,20-,21-,22-,23-,24-,25-,31-/m0/s1. The zero-order valence-electron chi connectivity index (χ0n) is 38.4. The molecule has 8 atom stereocenters. The first kappa shape index (κ1) is 61.8. The molecule has 0 aromatic rings. The highest BCUT2D eigenvalue weighted by atomic mass is 32.1. The molecule has 17 N–H and O–H groups in total. The molecule has 0 saturated carbocycles. The summed E-state index contributed by atoms with van der Waals surface area (Å²) in [6.45, 7) is 6.42. The van der Waals surface area contributed by atoms with E-state index in [-0.39, 0.29) is 43.1 Å². The van der Waals surface area contributed by atoms with Crippen molar-refractivity contribution in [2.24, 2.45) is 29.0 Å². The molecule has 0 heterocycles. The van der Waals surface area contributed by atoms with Crippen LogP contribution in [0.2, 0.25) is 0 Å². The molecule has 0 aliphatic carbocycles. The lowest BCUT2D eigenvalue weighted by Gasteiger charge is -2.27. The zero-order chi connectivity index (χ0) is 52.4. The molecule has 0 bridgehead atoms. The Bertz CT molecular complexity index is 1840. The number of carbonyl (C=O) groups excluding carboxylic acids is 11. The second-order valence-corrected chi connectivity index (χ2v) is 16.9. The van der Waals surface area contributed by atoms with Crippen molar-refractivity contribution >= 4 is 102 Å². The van der Waals surface area contributed by atoms with E-state index in [4.69, 9.17) is 17.2 Å². The van der Waals surface area contributed by atoms with Crippen LogP contribution in [0.25, 0.3) is 0 Å². The highest BCUT2D eigenvalue weighted by molar-refractivity contribution is 7.80. The van der Waals surface area contributed by atoms with Crippen LogP contribution in [-0.2, 0) is 62.3 Å². The summed E-state index contributed by atoms with van der Waals surface area (Å²) >= 11 is 8.16. The molecular formula is C39H66N12O15S2. The van der Waals surface area contributed by atoms with E-state index in [9.17, 15) is 72.5 Å². The van der Waals surface area contributed by atoms with E-state index in [0.29, 0.717) is 0 Å². The fraction of sp³-hybridized carbons (Fsp3) is 0.667. The van der Waals surface area contributed by atoms with Gasteiger partial charge in [-0.1, -0.05) is 27.7 Å². The summed E-state index contributed by atoms with van der Waals surface area (Å²) in [6.07, 6.45) is -2.04. The van der Waals surface area contributed by atoms with Crippen molar-refractivity contribution < 1.29 is 72.5 Å². The van der Waals surface area contributed by atoms with Gasteiger partial charge in [-0.25, -0.2) is 4.79 Å². The Morgan fingerprint density at radius 1 is 0.485 bits per heavy atom. The molecule has 0 aliphatic rings. The van der Waals surface area contributed by atoms with Gasteiger partial charge in [-0.05, 0) is 44.4 Å². The van der Waals surface area contributed by atoms with E-state index in [1.165, 1.54) is 20.8 Å². The van der Waals surface area contributed by atoms with Crippen LogP contribution in [0.4, 0.5) is 0 Å². The molecule has 0 saturated heterocycles. The predicted molar refractivity (Wildman–Crippen MR) is 247 cm³/mol. The van der Waals surface area contributed by atoms with Gasteiger partial charge in [0.15, 0.2) is 0 Å². The van der Waals surface area contributed by atoms with Crippen LogP contribution in [0, 0.1) is 11.8 Å². The molecule has 0 aromatic heterocycles. The minimum atomic E-state index is -1.55. The molecule has 0 aromatic carbocycles. The number of amides is 11. The molecule has 0 radical (unpaired) electrons. The number of hydrogen-bond donors (Lipinski definition) is 16. The number of nitrogens with one attached hydrogen (secondary N) is 9. The largest absolute Gasteiger partial charge is 0.481 e. The van der Waals surface area contributed by atoms with Gasteiger partial charge in [0.1, 0.15) is 42.3 Å². The van der Waals surface area contributed by atoms with Gasteiger partial charge in [-0.15, -0.1) is 0 Å². The van der Waals surface area contributed by atoms with Crippen molar-refractivity contribution in [3.63, 3.8) is 0 Å².